The summed E-state index contributed by atoms with van der Waals surface area (Å²) >= 11 is 0. The number of nitrogens with one attached hydrogen (secondary N) is 2. The van der Waals surface area contributed by atoms with E-state index in [4.69, 9.17) is 5.73 Å². The molecule has 1 atom stereocenters. The first-order valence-electron chi connectivity index (χ1n) is 8.36. The zero-order valence-corrected chi connectivity index (χ0v) is 14.2. The van der Waals surface area contributed by atoms with Crippen LogP contribution in [0.1, 0.15) is 40.5 Å². The van der Waals surface area contributed by atoms with Crippen molar-refractivity contribution >= 4 is 17.5 Å². The van der Waals surface area contributed by atoms with Crippen LogP contribution < -0.4 is 16.4 Å². The molecule has 0 aliphatic heterocycles. The Bertz CT molecular complexity index is 774. The van der Waals surface area contributed by atoms with Gasteiger partial charge < -0.3 is 16.4 Å². The van der Waals surface area contributed by atoms with Gasteiger partial charge >= 0.3 is 0 Å². The van der Waals surface area contributed by atoms with Crippen molar-refractivity contribution in [3.05, 3.63) is 59.9 Å². The summed E-state index contributed by atoms with van der Waals surface area (Å²) in [5.74, 6) is -0.0114. The fraction of sp³-hybridized carbons (Fsp3) is 0.316. The van der Waals surface area contributed by atoms with Crippen LogP contribution in [0, 0.1) is 5.92 Å². The lowest BCUT2D eigenvalue weighted by molar-refractivity contribution is 0.0897. The molecule has 6 nitrogen and oxygen atoms in total. The number of benzene rings is 1. The maximum atomic E-state index is 12.6. The molecule has 0 spiro atoms. The van der Waals surface area contributed by atoms with Gasteiger partial charge in [-0.2, -0.15) is 0 Å². The third kappa shape index (κ3) is 4.03. The molecule has 1 heterocycles. The molecule has 0 radical (unpaired) electrons. The molecule has 0 saturated heterocycles. The van der Waals surface area contributed by atoms with Crippen molar-refractivity contribution in [3.8, 4) is 0 Å². The fourth-order valence-electron chi connectivity index (χ4n) is 2.81. The molecule has 1 unspecified atom stereocenters. The number of hydrogen-bond acceptors (Lipinski definition) is 4. The second kappa shape index (κ2) is 7.03. The Kier molecular flexibility index (Phi) is 4.81. The van der Waals surface area contributed by atoms with Crippen molar-refractivity contribution in [2.24, 2.45) is 11.7 Å². The first-order chi connectivity index (χ1) is 12.0. The standard InChI is InChI=1S/C19H22N4O2/c1-19(12-20,15-7-8-15)23-18(25)13-4-2-6-16(10-13)22-17(24)14-5-3-9-21-11-14/h2-6,9-11,15H,7-8,12,20H2,1H3,(H,22,24)(H,23,25). The summed E-state index contributed by atoms with van der Waals surface area (Å²) in [6, 6.07) is 10.2. The zero-order valence-electron chi connectivity index (χ0n) is 14.2. The Morgan fingerprint density at radius 3 is 2.60 bits per heavy atom. The first kappa shape index (κ1) is 17.1. The van der Waals surface area contributed by atoms with E-state index in [2.05, 4.69) is 15.6 Å². The molecule has 1 saturated carbocycles. The maximum absolute atomic E-state index is 12.6. The minimum absolute atomic E-state index is 0.183. The van der Waals surface area contributed by atoms with Crippen LogP contribution in [-0.4, -0.2) is 28.9 Å². The second-order valence-electron chi connectivity index (χ2n) is 6.63. The third-order valence-corrected chi connectivity index (χ3v) is 4.61. The highest BCUT2D eigenvalue weighted by molar-refractivity contribution is 6.05. The average Bonchev–Trinajstić information content (AvgIpc) is 3.48. The number of pyridine rings is 1. The third-order valence-electron chi connectivity index (χ3n) is 4.61. The lowest BCUT2D eigenvalue weighted by Gasteiger charge is -2.29. The van der Waals surface area contributed by atoms with E-state index in [1.54, 1.807) is 42.6 Å². The Morgan fingerprint density at radius 2 is 1.96 bits per heavy atom. The van der Waals surface area contributed by atoms with Crippen molar-refractivity contribution in [1.82, 2.24) is 10.3 Å². The molecular formula is C19H22N4O2. The van der Waals surface area contributed by atoms with Crippen molar-refractivity contribution in [1.29, 1.82) is 0 Å². The predicted molar refractivity (Wildman–Crippen MR) is 96.3 cm³/mol. The Balaban J connectivity index is 1.70. The van der Waals surface area contributed by atoms with E-state index < -0.39 is 0 Å². The monoisotopic (exact) mass is 338 g/mol. The number of carbonyl (C=O) groups is 2. The minimum Gasteiger partial charge on any atom is -0.345 e. The molecule has 2 amide bonds. The van der Waals surface area contributed by atoms with Gasteiger partial charge in [-0.15, -0.1) is 0 Å². The van der Waals surface area contributed by atoms with Crippen LogP contribution in [0.25, 0.3) is 0 Å². The van der Waals surface area contributed by atoms with Crippen molar-refractivity contribution in [2.75, 3.05) is 11.9 Å². The first-order valence-corrected chi connectivity index (χ1v) is 8.36. The van der Waals surface area contributed by atoms with Crippen molar-refractivity contribution < 1.29 is 9.59 Å². The fourth-order valence-corrected chi connectivity index (χ4v) is 2.81. The number of anilines is 1. The summed E-state index contributed by atoms with van der Waals surface area (Å²) in [7, 11) is 0. The molecule has 0 bridgehead atoms. The smallest absolute Gasteiger partial charge is 0.257 e. The molecule has 6 heteroatoms. The zero-order chi connectivity index (χ0) is 17.9. The van der Waals surface area contributed by atoms with Gasteiger partial charge in [-0.3, -0.25) is 14.6 Å². The van der Waals surface area contributed by atoms with E-state index in [0.717, 1.165) is 12.8 Å². The van der Waals surface area contributed by atoms with Crippen LogP contribution in [0.5, 0.6) is 0 Å². The molecule has 4 N–H and O–H groups in total. The quantitative estimate of drug-likeness (QED) is 0.752. The molecule has 1 aromatic heterocycles. The number of nitrogens with zero attached hydrogens (tertiary/aromatic N) is 1. The van der Waals surface area contributed by atoms with E-state index >= 15 is 0 Å². The van der Waals surface area contributed by atoms with Crippen LogP contribution >= 0.6 is 0 Å². The minimum atomic E-state index is -0.383. The number of rotatable bonds is 6. The maximum Gasteiger partial charge on any atom is 0.257 e. The molecule has 2 aromatic rings. The normalized spacial score (nSPS) is 15.9. The summed E-state index contributed by atoms with van der Waals surface area (Å²) < 4.78 is 0. The molecule has 1 aliphatic rings. The van der Waals surface area contributed by atoms with Crippen LogP contribution in [0.15, 0.2) is 48.8 Å². The van der Waals surface area contributed by atoms with E-state index in [9.17, 15) is 9.59 Å². The van der Waals surface area contributed by atoms with Gasteiger partial charge in [0.15, 0.2) is 0 Å². The molecular weight excluding hydrogens is 316 g/mol. The van der Waals surface area contributed by atoms with Gasteiger partial charge in [0.05, 0.1) is 11.1 Å². The van der Waals surface area contributed by atoms with Gasteiger partial charge in [0, 0.05) is 30.2 Å². The van der Waals surface area contributed by atoms with Gasteiger partial charge in [0.1, 0.15) is 0 Å². The van der Waals surface area contributed by atoms with Gasteiger partial charge in [-0.1, -0.05) is 6.07 Å². The number of hydrogen-bond donors (Lipinski definition) is 3. The Hall–Kier alpha value is -2.73. The lowest BCUT2D eigenvalue weighted by Crippen LogP contribution is -2.53. The molecule has 1 aliphatic carbocycles. The van der Waals surface area contributed by atoms with Crippen molar-refractivity contribution in [2.45, 2.75) is 25.3 Å². The highest BCUT2D eigenvalue weighted by Crippen LogP contribution is 2.39. The number of aromatic nitrogens is 1. The average molecular weight is 338 g/mol. The molecule has 1 fully saturated rings. The highest BCUT2D eigenvalue weighted by Gasteiger charge is 2.41. The van der Waals surface area contributed by atoms with Gasteiger partial charge in [0.25, 0.3) is 11.8 Å². The Labute approximate surface area is 146 Å². The van der Waals surface area contributed by atoms with Crippen molar-refractivity contribution in [3.63, 3.8) is 0 Å². The number of amides is 2. The van der Waals surface area contributed by atoms with E-state index in [-0.39, 0.29) is 17.4 Å². The van der Waals surface area contributed by atoms with Crippen LogP contribution in [-0.2, 0) is 0 Å². The summed E-state index contributed by atoms with van der Waals surface area (Å²) in [5, 5.41) is 5.83. The second-order valence-corrected chi connectivity index (χ2v) is 6.63. The van der Waals surface area contributed by atoms with Gasteiger partial charge in [-0.25, -0.2) is 0 Å². The van der Waals surface area contributed by atoms with E-state index in [1.165, 1.54) is 6.20 Å². The number of nitrogens with two attached hydrogens (primary N) is 1. The van der Waals surface area contributed by atoms with Crippen LogP contribution in [0.4, 0.5) is 5.69 Å². The van der Waals surface area contributed by atoms with Crippen LogP contribution in [0.2, 0.25) is 0 Å². The predicted octanol–water partition coefficient (Wildman–Crippen LogP) is 2.19. The number of carbonyl (C=O) groups excluding carboxylic acids is 2. The SMILES string of the molecule is CC(CN)(NC(=O)c1cccc(NC(=O)c2cccnc2)c1)C1CC1. The summed E-state index contributed by atoms with van der Waals surface area (Å²) in [5.41, 5.74) is 6.98. The summed E-state index contributed by atoms with van der Waals surface area (Å²) in [6.45, 7) is 2.39. The van der Waals surface area contributed by atoms with E-state index in [0.29, 0.717) is 29.3 Å². The molecule has 130 valence electrons. The summed E-state index contributed by atoms with van der Waals surface area (Å²) in [4.78, 5) is 28.7. The lowest BCUT2D eigenvalue weighted by atomic mass is 9.95. The topological polar surface area (TPSA) is 97.1 Å². The van der Waals surface area contributed by atoms with Gasteiger partial charge in [-0.05, 0) is 56.0 Å². The molecule has 25 heavy (non-hydrogen) atoms. The molecule has 1 aromatic carbocycles. The summed E-state index contributed by atoms with van der Waals surface area (Å²) in [6.07, 6.45) is 5.29. The van der Waals surface area contributed by atoms with E-state index in [1.807, 2.05) is 6.92 Å². The highest BCUT2D eigenvalue weighted by atomic mass is 16.2. The largest absolute Gasteiger partial charge is 0.345 e. The molecule has 3 rings (SSSR count). The van der Waals surface area contributed by atoms with Gasteiger partial charge in [0.2, 0.25) is 0 Å². The Morgan fingerprint density at radius 1 is 1.20 bits per heavy atom. The van der Waals surface area contributed by atoms with Crippen LogP contribution in [0.3, 0.4) is 0 Å².